The van der Waals surface area contributed by atoms with Crippen molar-refractivity contribution in [2.24, 2.45) is 10.4 Å². The van der Waals surface area contributed by atoms with Crippen molar-refractivity contribution in [2.75, 3.05) is 53.5 Å². The Hall–Kier alpha value is -1.83. The topological polar surface area (TPSA) is 86.3 Å². The molecule has 8 nitrogen and oxygen atoms in total. The van der Waals surface area contributed by atoms with Crippen molar-refractivity contribution in [1.82, 2.24) is 20.4 Å². The third kappa shape index (κ3) is 5.86. The Morgan fingerprint density at radius 1 is 1.23 bits per heavy atom. The van der Waals surface area contributed by atoms with Crippen molar-refractivity contribution in [3.63, 3.8) is 0 Å². The molecule has 0 unspecified atom stereocenters. The second-order valence-corrected chi connectivity index (χ2v) is 7.79. The molecule has 26 heavy (non-hydrogen) atoms. The first-order chi connectivity index (χ1) is 12.3. The molecule has 2 aliphatic heterocycles. The normalized spacial score (nSPS) is 19.7. The van der Waals surface area contributed by atoms with Crippen LogP contribution in [-0.2, 0) is 14.3 Å². The second-order valence-electron chi connectivity index (χ2n) is 7.79. The number of aliphatic imine (C=N–C) groups is 1. The van der Waals surface area contributed by atoms with Gasteiger partial charge in [-0.2, -0.15) is 0 Å². The lowest BCUT2D eigenvalue weighted by atomic mass is 9.80. The monoisotopic (exact) mass is 367 g/mol. The summed E-state index contributed by atoms with van der Waals surface area (Å²) in [7, 11) is 3.45. The Labute approximate surface area is 156 Å². The molecule has 2 rings (SSSR count). The summed E-state index contributed by atoms with van der Waals surface area (Å²) in [6.07, 6.45) is 3.21. The van der Waals surface area contributed by atoms with Gasteiger partial charge in [0, 0.05) is 46.4 Å². The molecule has 0 aromatic heterocycles. The number of carbonyl (C=O) groups is 2. The summed E-state index contributed by atoms with van der Waals surface area (Å²) < 4.78 is 5.51. The quantitative estimate of drug-likeness (QED) is 0.530. The third-order valence-corrected chi connectivity index (χ3v) is 5.01. The number of hydrogen-bond donors (Lipinski definition) is 2. The molecule has 2 saturated heterocycles. The highest BCUT2D eigenvalue weighted by Gasteiger charge is 2.40. The van der Waals surface area contributed by atoms with Gasteiger partial charge in [-0.25, -0.2) is 4.99 Å². The minimum absolute atomic E-state index is 0.0238. The Morgan fingerprint density at radius 2 is 1.92 bits per heavy atom. The SMILES string of the molecule is CC(C)NC(=O)CN=C(NCC(=O)N(C)C)N1CCC2(CCOCC2)C1. The van der Waals surface area contributed by atoms with Crippen LogP contribution < -0.4 is 10.6 Å². The molecule has 2 heterocycles. The van der Waals surface area contributed by atoms with Gasteiger partial charge in [-0.05, 0) is 38.5 Å². The van der Waals surface area contributed by atoms with Crippen LogP contribution in [0.15, 0.2) is 4.99 Å². The van der Waals surface area contributed by atoms with Gasteiger partial charge in [0.15, 0.2) is 5.96 Å². The largest absolute Gasteiger partial charge is 0.381 e. The maximum absolute atomic E-state index is 12.0. The Balaban J connectivity index is 2.02. The summed E-state index contributed by atoms with van der Waals surface area (Å²) in [5.74, 6) is 0.505. The fraction of sp³-hybridized carbons (Fsp3) is 0.833. The summed E-state index contributed by atoms with van der Waals surface area (Å²) in [6, 6.07) is 0.0849. The number of rotatable bonds is 5. The maximum Gasteiger partial charge on any atom is 0.242 e. The zero-order chi connectivity index (χ0) is 19.2. The van der Waals surface area contributed by atoms with Crippen molar-refractivity contribution >= 4 is 17.8 Å². The smallest absolute Gasteiger partial charge is 0.242 e. The number of guanidine groups is 1. The predicted octanol–water partition coefficient (Wildman–Crippen LogP) is 0.0473. The molecule has 2 amide bonds. The van der Waals surface area contributed by atoms with Crippen LogP contribution >= 0.6 is 0 Å². The van der Waals surface area contributed by atoms with E-state index in [4.69, 9.17) is 4.74 Å². The molecule has 1 spiro atoms. The van der Waals surface area contributed by atoms with E-state index in [0.717, 1.165) is 45.6 Å². The van der Waals surface area contributed by atoms with Crippen molar-refractivity contribution in [3.05, 3.63) is 0 Å². The number of ether oxygens (including phenoxy) is 1. The third-order valence-electron chi connectivity index (χ3n) is 5.01. The highest BCUT2D eigenvalue weighted by atomic mass is 16.5. The van der Waals surface area contributed by atoms with Gasteiger partial charge in [0.25, 0.3) is 0 Å². The molecular weight excluding hydrogens is 334 g/mol. The van der Waals surface area contributed by atoms with E-state index in [-0.39, 0.29) is 36.4 Å². The van der Waals surface area contributed by atoms with Gasteiger partial charge in [-0.1, -0.05) is 0 Å². The fourth-order valence-electron chi connectivity index (χ4n) is 3.42. The van der Waals surface area contributed by atoms with Crippen LogP contribution in [0.5, 0.6) is 0 Å². The van der Waals surface area contributed by atoms with Crippen LogP contribution in [0.25, 0.3) is 0 Å². The molecular formula is C18H33N5O3. The van der Waals surface area contributed by atoms with E-state index in [1.165, 1.54) is 0 Å². The van der Waals surface area contributed by atoms with E-state index in [9.17, 15) is 9.59 Å². The number of nitrogens with one attached hydrogen (secondary N) is 2. The van der Waals surface area contributed by atoms with Gasteiger partial charge in [-0.15, -0.1) is 0 Å². The van der Waals surface area contributed by atoms with Crippen LogP contribution in [0.1, 0.15) is 33.1 Å². The molecule has 2 aliphatic rings. The zero-order valence-electron chi connectivity index (χ0n) is 16.5. The molecule has 0 atom stereocenters. The van der Waals surface area contributed by atoms with E-state index in [1.54, 1.807) is 19.0 Å². The number of hydrogen-bond acceptors (Lipinski definition) is 4. The minimum atomic E-state index is -0.113. The lowest BCUT2D eigenvalue weighted by molar-refractivity contribution is -0.127. The van der Waals surface area contributed by atoms with Gasteiger partial charge >= 0.3 is 0 Å². The average Bonchev–Trinajstić information content (AvgIpc) is 2.97. The van der Waals surface area contributed by atoms with Gasteiger partial charge < -0.3 is 25.2 Å². The minimum Gasteiger partial charge on any atom is -0.381 e. The first-order valence-electron chi connectivity index (χ1n) is 9.42. The molecule has 2 N–H and O–H groups in total. The Kier molecular flexibility index (Phi) is 7.25. The van der Waals surface area contributed by atoms with E-state index < -0.39 is 0 Å². The lowest BCUT2D eigenvalue weighted by Gasteiger charge is -2.33. The number of carbonyl (C=O) groups excluding carboxylic acids is 2. The summed E-state index contributed by atoms with van der Waals surface area (Å²) in [6.45, 7) is 7.47. The number of likely N-dealkylation sites (tertiary alicyclic amines) is 1. The second kappa shape index (κ2) is 9.21. The highest BCUT2D eigenvalue weighted by molar-refractivity contribution is 5.88. The van der Waals surface area contributed by atoms with E-state index in [1.807, 2.05) is 13.8 Å². The lowest BCUT2D eigenvalue weighted by Crippen LogP contribution is -2.46. The van der Waals surface area contributed by atoms with Crippen molar-refractivity contribution < 1.29 is 14.3 Å². The predicted molar refractivity (Wildman–Crippen MR) is 101 cm³/mol. The number of likely N-dealkylation sites (N-methyl/N-ethyl adjacent to an activating group) is 1. The Bertz CT molecular complexity index is 527. The molecule has 0 aliphatic carbocycles. The van der Waals surface area contributed by atoms with Crippen LogP contribution in [0.4, 0.5) is 0 Å². The van der Waals surface area contributed by atoms with E-state index >= 15 is 0 Å². The molecule has 0 bridgehead atoms. The van der Waals surface area contributed by atoms with E-state index in [0.29, 0.717) is 5.96 Å². The van der Waals surface area contributed by atoms with Crippen LogP contribution in [-0.4, -0.2) is 87.1 Å². The molecule has 0 aromatic rings. The van der Waals surface area contributed by atoms with Crippen molar-refractivity contribution in [2.45, 2.75) is 39.2 Å². The molecule has 2 fully saturated rings. The molecule has 0 aromatic carbocycles. The fourth-order valence-corrected chi connectivity index (χ4v) is 3.42. The van der Waals surface area contributed by atoms with Crippen LogP contribution in [0.3, 0.4) is 0 Å². The van der Waals surface area contributed by atoms with Crippen molar-refractivity contribution in [1.29, 1.82) is 0 Å². The first kappa shape index (κ1) is 20.5. The molecule has 8 heteroatoms. The molecule has 0 radical (unpaired) electrons. The van der Waals surface area contributed by atoms with Crippen LogP contribution in [0.2, 0.25) is 0 Å². The van der Waals surface area contributed by atoms with Crippen LogP contribution in [0, 0.1) is 5.41 Å². The standard InChI is InChI=1S/C18H33N5O3/c1-14(2)21-15(24)11-19-17(20-12-16(25)22(3)4)23-8-5-18(13-23)6-9-26-10-7-18/h14H,5-13H2,1-4H3,(H,19,20)(H,21,24). The molecule has 148 valence electrons. The zero-order valence-corrected chi connectivity index (χ0v) is 16.5. The van der Waals surface area contributed by atoms with Gasteiger partial charge in [-0.3, -0.25) is 9.59 Å². The number of amides is 2. The first-order valence-corrected chi connectivity index (χ1v) is 9.42. The van der Waals surface area contributed by atoms with E-state index in [2.05, 4.69) is 20.5 Å². The maximum atomic E-state index is 12.0. The highest BCUT2D eigenvalue weighted by Crippen LogP contribution is 2.39. The van der Waals surface area contributed by atoms with Gasteiger partial charge in [0.2, 0.25) is 11.8 Å². The summed E-state index contributed by atoms with van der Waals surface area (Å²) in [5.41, 5.74) is 0.270. The molecule has 0 saturated carbocycles. The summed E-state index contributed by atoms with van der Waals surface area (Å²) >= 11 is 0. The number of nitrogens with zero attached hydrogens (tertiary/aromatic N) is 3. The van der Waals surface area contributed by atoms with Crippen molar-refractivity contribution in [3.8, 4) is 0 Å². The summed E-state index contributed by atoms with van der Waals surface area (Å²) in [5, 5.41) is 5.99. The summed E-state index contributed by atoms with van der Waals surface area (Å²) in [4.78, 5) is 32.1. The van der Waals surface area contributed by atoms with Gasteiger partial charge in [0.05, 0.1) is 6.54 Å². The van der Waals surface area contributed by atoms with Gasteiger partial charge in [0.1, 0.15) is 6.54 Å². The average molecular weight is 367 g/mol. The Morgan fingerprint density at radius 3 is 2.54 bits per heavy atom.